The van der Waals surface area contributed by atoms with E-state index in [2.05, 4.69) is 10.3 Å². The Bertz CT molecular complexity index is 1230. The van der Waals surface area contributed by atoms with Gasteiger partial charge in [0.25, 0.3) is 11.8 Å². The SMILES string of the molecule is CCOc1cc(NC(=O)[C@@H](C)Oc2ccc(Oc3ncc(Cl)cc3F)cc2)cc2c1OC(C)(C)C2. The van der Waals surface area contributed by atoms with E-state index in [1.54, 1.807) is 37.3 Å². The monoisotopic (exact) mass is 500 g/mol. The summed E-state index contributed by atoms with van der Waals surface area (Å²) in [4.78, 5) is 16.6. The molecule has 4 rings (SSSR count). The van der Waals surface area contributed by atoms with Gasteiger partial charge in [0.05, 0.1) is 11.6 Å². The standard InChI is InChI=1S/C26H26ClFN2O5/c1-5-32-22-12-18(10-16-13-26(3,4)35-23(16)22)30-24(31)15(2)33-19-6-8-20(9-7-19)34-25-21(28)11-17(27)14-29-25/h6-12,14-15H,5,13H2,1-4H3,(H,30,31)/t15-/m1/s1. The Kier molecular flexibility index (Phi) is 7.03. The number of benzene rings is 2. The molecule has 7 nitrogen and oxygen atoms in total. The maximum Gasteiger partial charge on any atom is 0.265 e. The number of hydrogen-bond donors (Lipinski definition) is 1. The number of pyridine rings is 1. The third-order valence-corrected chi connectivity index (χ3v) is 5.39. The normalized spacial score (nSPS) is 14.5. The van der Waals surface area contributed by atoms with Crippen molar-refractivity contribution in [2.24, 2.45) is 0 Å². The summed E-state index contributed by atoms with van der Waals surface area (Å²) in [6.45, 7) is 8.04. The molecule has 0 spiro atoms. The van der Waals surface area contributed by atoms with Gasteiger partial charge in [0, 0.05) is 29.9 Å². The number of carbonyl (C=O) groups excluding carboxylic acids is 1. The summed E-state index contributed by atoms with van der Waals surface area (Å²) in [5.74, 6) is 0.941. The van der Waals surface area contributed by atoms with Gasteiger partial charge in [0.2, 0.25) is 0 Å². The number of fused-ring (bicyclic) bond motifs is 1. The zero-order valence-corrected chi connectivity index (χ0v) is 20.6. The molecule has 3 aromatic rings. The largest absolute Gasteiger partial charge is 0.490 e. The molecule has 1 aliphatic rings. The van der Waals surface area contributed by atoms with Crippen molar-refractivity contribution < 1.29 is 28.1 Å². The lowest BCUT2D eigenvalue weighted by molar-refractivity contribution is -0.122. The van der Waals surface area contributed by atoms with Crippen LogP contribution in [0.15, 0.2) is 48.7 Å². The summed E-state index contributed by atoms with van der Waals surface area (Å²) in [6.07, 6.45) is 1.22. The Morgan fingerprint density at radius 3 is 2.63 bits per heavy atom. The molecule has 35 heavy (non-hydrogen) atoms. The molecule has 1 aliphatic heterocycles. The van der Waals surface area contributed by atoms with Crippen LogP contribution in [-0.2, 0) is 11.2 Å². The number of hydrogen-bond acceptors (Lipinski definition) is 6. The van der Waals surface area contributed by atoms with Crippen LogP contribution in [0.2, 0.25) is 5.02 Å². The summed E-state index contributed by atoms with van der Waals surface area (Å²) in [5.41, 5.74) is 1.25. The van der Waals surface area contributed by atoms with E-state index in [1.165, 1.54) is 6.20 Å². The Morgan fingerprint density at radius 1 is 1.23 bits per heavy atom. The molecule has 1 amide bonds. The highest BCUT2D eigenvalue weighted by Crippen LogP contribution is 2.44. The van der Waals surface area contributed by atoms with Gasteiger partial charge in [-0.2, -0.15) is 0 Å². The molecule has 184 valence electrons. The fraction of sp³-hybridized carbons (Fsp3) is 0.308. The first-order valence-electron chi connectivity index (χ1n) is 11.2. The molecular weight excluding hydrogens is 475 g/mol. The number of rotatable bonds is 8. The van der Waals surface area contributed by atoms with Crippen molar-refractivity contribution in [2.45, 2.75) is 45.8 Å². The average Bonchev–Trinajstić information content (AvgIpc) is 3.11. The summed E-state index contributed by atoms with van der Waals surface area (Å²) in [6, 6.07) is 11.2. The van der Waals surface area contributed by atoms with E-state index in [0.717, 1.165) is 17.4 Å². The minimum absolute atomic E-state index is 0.178. The van der Waals surface area contributed by atoms with Gasteiger partial charge in [0.15, 0.2) is 23.4 Å². The highest BCUT2D eigenvalue weighted by molar-refractivity contribution is 6.30. The predicted molar refractivity (Wildman–Crippen MR) is 130 cm³/mol. The summed E-state index contributed by atoms with van der Waals surface area (Å²) in [7, 11) is 0. The molecule has 0 bridgehead atoms. The van der Waals surface area contributed by atoms with E-state index < -0.39 is 11.9 Å². The lowest BCUT2D eigenvalue weighted by Gasteiger charge is -2.18. The Balaban J connectivity index is 1.39. The molecule has 1 atom stereocenters. The van der Waals surface area contributed by atoms with Crippen molar-refractivity contribution in [3.8, 4) is 28.9 Å². The van der Waals surface area contributed by atoms with Gasteiger partial charge in [-0.15, -0.1) is 0 Å². The van der Waals surface area contributed by atoms with Crippen LogP contribution in [0.3, 0.4) is 0 Å². The Morgan fingerprint density at radius 2 is 1.94 bits per heavy atom. The van der Waals surface area contributed by atoms with Crippen molar-refractivity contribution >= 4 is 23.2 Å². The molecule has 9 heteroatoms. The molecule has 0 fully saturated rings. The van der Waals surface area contributed by atoms with Crippen molar-refractivity contribution in [2.75, 3.05) is 11.9 Å². The van der Waals surface area contributed by atoms with E-state index >= 15 is 0 Å². The van der Waals surface area contributed by atoms with Crippen LogP contribution in [-0.4, -0.2) is 29.2 Å². The van der Waals surface area contributed by atoms with Crippen molar-refractivity contribution in [3.05, 3.63) is 65.1 Å². The predicted octanol–water partition coefficient (Wildman–Crippen LogP) is 6.18. The first-order chi connectivity index (χ1) is 16.6. The van der Waals surface area contributed by atoms with E-state index in [9.17, 15) is 9.18 Å². The maximum absolute atomic E-state index is 13.9. The van der Waals surface area contributed by atoms with Crippen LogP contribution in [0.1, 0.15) is 33.3 Å². The van der Waals surface area contributed by atoms with Crippen LogP contribution in [0.4, 0.5) is 10.1 Å². The summed E-state index contributed by atoms with van der Waals surface area (Å²) >= 11 is 5.70. The second kappa shape index (κ2) is 10.00. The van der Waals surface area contributed by atoms with Crippen LogP contribution in [0.5, 0.6) is 28.9 Å². The number of amides is 1. The number of nitrogens with one attached hydrogen (secondary N) is 1. The fourth-order valence-corrected chi connectivity index (χ4v) is 3.83. The van der Waals surface area contributed by atoms with Gasteiger partial charge in [-0.1, -0.05) is 11.6 Å². The lowest BCUT2D eigenvalue weighted by Crippen LogP contribution is -2.30. The fourth-order valence-electron chi connectivity index (χ4n) is 3.69. The Labute approximate surface area is 208 Å². The molecule has 1 aromatic heterocycles. The molecule has 2 aromatic carbocycles. The van der Waals surface area contributed by atoms with Crippen LogP contribution in [0, 0.1) is 5.82 Å². The third kappa shape index (κ3) is 5.95. The lowest BCUT2D eigenvalue weighted by atomic mass is 10.0. The molecule has 1 N–H and O–H groups in total. The summed E-state index contributed by atoms with van der Waals surface area (Å²) in [5, 5.41) is 3.07. The first kappa shape index (κ1) is 24.6. The van der Waals surface area contributed by atoms with E-state index in [4.69, 9.17) is 30.5 Å². The van der Waals surface area contributed by atoms with E-state index in [0.29, 0.717) is 36.0 Å². The topological polar surface area (TPSA) is 78.9 Å². The highest BCUT2D eigenvalue weighted by atomic mass is 35.5. The second-order valence-electron chi connectivity index (χ2n) is 8.70. The van der Waals surface area contributed by atoms with Crippen molar-refractivity contribution in [3.63, 3.8) is 0 Å². The number of anilines is 1. The highest BCUT2D eigenvalue weighted by Gasteiger charge is 2.33. The van der Waals surface area contributed by atoms with Gasteiger partial charge in [-0.3, -0.25) is 4.79 Å². The quantitative estimate of drug-likeness (QED) is 0.397. The summed E-state index contributed by atoms with van der Waals surface area (Å²) < 4.78 is 36.8. The third-order valence-electron chi connectivity index (χ3n) is 5.19. The maximum atomic E-state index is 13.9. The molecule has 0 saturated heterocycles. The number of carbonyl (C=O) groups is 1. The second-order valence-corrected chi connectivity index (χ2v) is 9.13. The zero-order chi connectivity index (χ0) is 25.2. The van der Waals surface area contributed by atoms with Gasteiger partial charge in [-0.25, -0.2) is 9.37 Å². The van der Waals surface area contributed by atoms with Crippen LogP contribution in [0.25, 0.3) is 0 Å². The Hall–Kier alpha value is -3.52. The van der Waals surface area contributed by atoms with Gasteiger partial charge in [0.1, 0.15) is 17.1 Å². The molecule has 0 aliphatic carbocycles. The molecular formula is C26H26ClFN2O5. The minimum atomic E-state index is -0.784. The van der Waals surface area contributed by atoms with Gasteiger partial charge >= 0.3 is 0 Å². The van der Waals surface area contributed by atoms with Gasteiger partial charge in [-0.05, 0) is 64.1 Å². The van der Waals surface area contributed by atoms with E-state index in [-0.39, 0.29) is 22.4 Å². The zero-order valence-electron chi connectivity index (χ0n) is 19.9. The van der Waals surface area contributed by atoms with Gasteiger partial charge < -0.3 is 24.3 Å². The molecule has 2 heterocycles. The van der Waals surface area contributed by atoms with Crippen LogP contribution >= 0.6 is 11.6 Å². The molecule has 0 saturated carbocycles. The smallest absolute Gasteiger partial charge is 0.265 e. The van der Waals surface area contributed by atoms with Crippen LogP contribution < -0.4 is 24.3 Å². The number of halogens is 2. The van der Waals surface area contributed by atoms with Crippen molar-refractivity contribution in [1.82, 2.24) is 4.98 Å². The number of nitrogens with zero attached hydrogens (tertiary/aromatic N) is 1. The average molecular weight is 501 g/mol. The first-order valence-corrected chi connectivity index (χ1v) is 11.6. The van der Waals surface area contributed by atoms with Crippen molar-refractivity contribution in [1.29, 1.82) is 0 Å². The number of aromatic nitrogens is 1. The minimum Gasteiger partial charge on any atom is -0.490 e. The molecule has 0 radical (unpaired) electrons. The number of ether oxygens (including phenoxy) is 4. The van der Waals surface area contributed by atoms with E-state index in [1.807, 2.05) is 26.8 Å². The molecule has 0 unspecified atom stereocenters.